The van der Waals surface area contributed by atoms with Gasteiger partial charge in [-0.1, -0.05) is 28.6 Å². The van der Waals surface area contributed by atoms with Gasteiger partial charge in [0, 0.05) is 12.8 Å². The van der Waals surface area contributed by atoms with Crippen LogP contribution in [0, 0.1) is 0 Å². The van der Waals surface area contributed by atoms with E-state index < -0.39 is 5.54 Å². The van der Waals surface area contributed by atoms with Crippen LogP contribution in [0.3, 0.4) is 0 Å². The minimum absolute atomic E-state index is 0.161. The fourth-order valence-corrected chi connectivity index (χ4v) is 3.13. The Bertz CT molecular complexity index is 936. The summed E-state index contributed by atoms with van der Waals surface area (Å²) in [4.78, 5) is 16.6. The maximum atomic E-state index is 12.3. The average molecular weight is 388 g/mol. The van der Waals surface area contributed by atoms with E-state index in [9.17, 15) is 4.79 Å². The van der Waals surface area contributed by atoms with Gasteiger partial charge in [-0.25, -0.2) is 0 Å². The Kier molecular flexibility index (Phi) is 5.36. The number of benzene rings is 1. The first kappa shape index (κ1) is 18.8. The third kappa shape index (κ3) is 4.40. The maximum Gasteiger partial charge on any atom is 0.227 e. The fraction of sp³-hybridized carbons (Fsp3) is 0.353. The molecule has 3 rings (SSSR count). The van der Waals surface area contributed by atoms with E-state index in [-0.39, 0.29) is 12.3 Å². The van der Waals surface area contributed by atoms with Crippen molar-refractivity contribution in [3.8, 4) is 17.1 Å². The van der Waals surface area contributed by atoms with E-state index in [1.807, 2.05) is 38.1 Å². The zero-order valence-electron chi connectivity index (χ0n) is 15.2. The molecule has 142 valence electrons. The van der Waals surface area contributed by atoms with Gasteiger partial charge in [0.2, 0.25) is 22.8 Å². The molecule has 3 N–H and O–H groups in total. The number of aromatic nitrogens is 4. The van der Waals surface area contributed by atoms with E-state index in [2.05, 4.69) is 25.7 Å². The number of anilines is 1. The number of nitrogens with zero attached hydrogens (tertiary/aromatic N) is 4. The Morgan fingerprint density at radius 1 is 1.33 bits per heavy atom. The lowest BCUT2D eigenvalue weighted by atomic mass is 10.1. The number of nitrogens with two attached hydrogens (primary N) is 1. The fourth-order valence-electron chi connectivity index (χ4n) is 2.47. The zero-order chi connectivity index (χ0) is 19.4. The molecule has 0 fully saturated rings. The van der Waals surface area contributed by atoms with Crippen molar-refractivity contribution in [2.24, 2.45) is 0 Å². The molecule has 2 aromatic heterocycles. The molecule has 10 heteroatoms. The first-order valence-electron chi connectivity index (χ1n) is 8.25. The Morgan fingerprint density at radius 2 is 2.11 bits per heavy atom. The highest BCUT2D eigenvalue weighted by Gasteiger charge is 2.27. The predicted octanol–water partition coefficient (Wildman–Crippen LogP) is 2.16. The van der Waals surface area contributed by atoms with Gasteiger partial charge in [0.1, 0.15) is 10.8 Å². The van der Waals surface area contributed by atoms with Crippen LogP contribution in [0.1, 0.15) is 31.2 Å². The summed E-state index contributed by atoms with van der Waals surface area (Å²) >= 11 is 1.24. The minimum Gasteiger partial charge on any atom is -0.496 e. The van der Waals surface area contributed by atoms with Crippen LogP contribution in [0.25, 0.3) is 11.4 Å². The number of para-hydroxylation sites is 1. The standard InChI is InChI=1S/C17H20N6O3S/c1-17(2,15-21-22-16(18)27-15)20-12(24)8-9-13-19-14(23-26-13)10-6-4-5-7-11(10)25-3/h4-7H,8-9H2,1-3H3,(H2,18,22)(H,20,24). The van der Waals surface area contributed by atoms with Crippen molar-refractivity contribution in [2.45, 2.75) is 32.2 Å². The number of aryl methyl sites for hydroxylation is 1. The highest BCUT2D eigenvalue weighted by atomic mass is 32.1. The van der Waals surface area contributed by atoms with Gasteiger partial charge in [0.05, 0.1) is 18.2 Å². The minimum atomic E-state index is -0.663. The van der Waals surface area contributed by atoms with Crippen LogP contribution in [0.4, 0.5) is 5.13 Å². The van der Waals surface area contributed by atoms with Gasteiger partial charge in [-0.15, -0.1) is 10.2 Å². The monoisotopic (exact) mass is 388 g/mol. The molecule has 0 aliphatic heterocycles. The third-order valence-corrected chi connectivity index (χ3v) is 4.89. The highest BCUT2D eigenvalue weighted by Crippen LogP contribution is 2.27. The number of amides is 1. The molecule has 3 aromatic rings. The van der Waals surface area contributed by atoms with Crippen molar-refractivity contribution < 1.29 is 14.1 Å². The lowest BCUT2D eigenvalue weighted by Crippen LogP contribution is -2.41. The van der Waals surface area contributed by atoms with Crippen molar-refractivity contribution in [1.82, 2.24) is 25.7 Å². The van der Waals surface area contributed by atoms with Crippen LogP contribution < -0.4 is 15.8 Å². The van der Waals surface area contributed by atoms with Crippen LogP contribution in [0.5, 0.6) is 5.75 Å². The van der Waals surface area contributed by atoms with Gasteiger partial charge < -0.3 is 20.3 Å². The SMILES string of the molecule is COc1ccccc1-c1noc(CCC(=O)NC(C)(C)c2nnc(N)s2)n1. The van der Waals surface area contributed by atoms with E-state index in [4.69, 9.17) is 15.0 Å². The van der Waals surface area contributed by atoms with Gasteiger partial charge in [-0.3, -0.25) is 4.79 Å². The molecular formula is C17H20N6O3S. The van der Waals surface area contributed by atoms with Crippen molar-refractivity contribution in [2.75, 3.05) is 12.8 Å². The van der Waals surface area contributed by atoms with Crippen LogP contribution >= 0.6 is 11.3 Å². The number of ether oxygens (including phenoxy) is 1. The predicted molar refractivity (Wildman–Crippen MR) is 100 cm³/mol. The average Bonchev–Trinajstić information content (AvgIpc) is 3.29. The smallest absolute Gasteiger partial charge is 0.227 e. The summed E-state index contributed by atoms with van der Waals surface area (Å²) in [6.07, 6.45) is 0.521. The van der Waals surface area contributed by atoms with Gasteiger partial charge in [0.15, 0.2) is 0 Å². The summed E-state index contributed by atoms with van der Waals surface area (Å²) in [6.45, 7) is 3.69. The molecule has 0 bridgehead atoms. The Morgan fingerprint density at radius 3 is 2.81 bits per heavy atom. The first-order valence-corrected chi connectivity index (χ1v) is 9.07. The number of nitrogen functional groups attached to an aromatic ring is 1. The number of carbonyl (C=O) groups excluding carboxylic acids is 1. The maximum absolute atomic E-state index is 12.3. The summed E-state index contributed by atoms with van der Waals surface area (Å²) in [6, 6.07) is 7.39. The Balaban J connectivity index is 1.61. The van der Waals surface area contributed by atoms with Gasteiger partial charge >= 0.3 is 0 Å². The van der Waals surface area contributed by atoms with E-state index in [1.54, 1.807) is 7.11 Å². The number of methoxy groups -OCH3 is 1. The van der Waals surface area contributed by atoms with Crippen molar-refractivity contribution >= 4 is 22.4 Å². The largest absolute Gasteiger partial charge is 0.496 e. The Labute approximate surface area is 159 Å². The van der Waals surface area contributed by atoms with Crippen LogP contribution in [-0.4, -0.2) is 33.4 Å². The number of rotatable bonds is 7. The highest BCUT2D eigenvalue weighted by molar-refractivity contribution is 7.15. The van der Waals surface area contributed by atoms with Gasteiger partial charge in [-0.05, 0) is 26.0 Å². The van der Waals surface area contributed by atoms with E-state index >= 15 is 0 Å². The molecular weight excluding hydrogens is 368 g/mol. The number of hydrogen-bond donors (Lipinski definition) is 2. The lowest BCUT2D eigenvalue weighted by Gasteiger charge is -2.22. The van der Waals surface area contributed by atoms with Crippen LogP contribution in [-0.2, 0) is 16.8 Å². The Hall–Kier alpha value is -3.01. The van der Waals surface area contributed by atoms with E-state index in [0.717, 1.165) is 5.56 Å². The number of carbonyl (C=O) groups is 1. The first-order chi connectivity index (χ1) is 12.9. The second-order valence-corrected chi connectivity index (χ2v) is 7.34. The molecule has 9 nitrogen and oxygen atoms in total. The molecule has 27 heavy (non-hydrogen) atoms. The molecule has 1 aromatic carbocycles. The normalized spacial score (nSPS) is 11.4. The topological polar surface area (TPSA) is 129 Å². The lowest BCUT2D eigenvalue weighted by molar-refractivity contribution is -0.122. The zero-order valence-corrected chi connectivity index (χ0v) is 16.0. The second-order valence-electron chi connectivity index (χ2n) is 6.33. The van der Waals surface area contributed by atoms with E-state index in [0.29, 0.717) is 34.0 Å². The molecule has 0 atom stereocenters. The number of nitrogens with one attached hydrogen (secondary N) is 1. The van der Waals surface area contributed by atoms with Gasteiger partial charge in [0.25, 0.3) is 0 Å². The number of hydrogen-bond acceptors (Lipinski definition) is 9. The van der Waals surface area contributed by atoms with E-state index in [1.165, 1.54) is 11.3 Å². The van der Waals surface area contributed by atoms with Gasteiger partial charge in [-0.2, -0.15) is 4.98 Å². The summed E-state index contributed by atoms with van der Waals surface area (Å²) in [7, 11) is 1.58. The van der Waals surface area contributed by atoms with Crippen molar-refractivity contribution in [3.05, 3.63) is 35.2 Å². The molecule has 0 aliphatic rings. The second kappa shape index (κ2) is 7.70. The molecule has 1 amide bonds. The summed E-state index contributed by atoms with van der Waals surface area (Å²) in [5.74, 6) is 1.29. The molecule has 0 spiro atoms. The summed E-state index contributed by atoms with van der Waals surface area (Å²) in [5.41, 5.74) is 5.68. The quantitative estimate of drug-likeness (QED) is 0.630. The molecule has 0 aliphatic carbocycles. The van der Waals surface area contributed by atoms with Crippen molar-refractivity contribution in [1.29, 1.82) is 0 Å². The van der Waals surface area contributed by atoms with Crippen LogP contribution in [0.2, 0.25) is 0 Å². The summed E-state index contributed by atoms with van der Waals surface area (Å²) < 4.78 is 10.6. The molecule has 0 unspecified atom stereocenters. The molecule has 0 saturated carbocycles. The third-order valence-electron chi connectivity index (χ3n) is 3.81. The summed E-state index contributed by atoms with van der Waals surface area (Å²) in [5, 5.41) is 15.7. The molecule has 2 heterocycles. The van der Waals surface area contributed by atoms with Crippen molar-refractivity contribution in [3.63, 3.8) is 0 Å². The molecule has 0 radical (unpaired) electrons. The van der Waals surface area contributed by atoms with Crippen LogP contribution in [0.15, 0.2) is 28.8 Å². The molecule has 0 saturated heterocycles.